The standard InChI is InChI=1S/C15H17BrN2O4/c1-3-5-8-22-15(20)18-12-9-10(16)6-7-11(12)13(17-18)14(19)21-4-2/h6-7,9H,3-5,8H2,1-2H3. The van der Waals surface area contributed by atoms with Crippen LogP contribution in [0.3, 0.4) is 0 Å². The Morgan fingerprint density at radius 2 is 2.05 bits per heavy atom. The topological polar surface area (TPSA) is 70.4 Å². The van der Waals surface area contributed by atoms with E-state index < -0.39 is 12.1 Å². The van der Waals surface area contributed by atoms with Gasteiger partial charge in [0, 0.05) is 9.86 Å². The fourth-order valence-corrected chi connectivity index (χ4v) is 2.29. The number of unbranched alkanes of at least 4 members (excludes halogenated alkanes) is 1. The van der Waals surface area contributed by atoms with Crippen LogP contribution in [0.2, 0.25) is 0 Å². The molecular weight excluding hydrogens is 352 g/mol. The van der Waals surface area contributed by atoms with Gasteiger partial charge >= 0.3 is 12.1 Å². The summed E-state index contributed by atoms with van der Waals surface area (Å²) in [5, 5.41) is 4.62. The first-order chi connectivity index (χ1) is 10.6. The summed E-state index contributed by atoms with van der Waals surface area (Å²) < 4.78 is 12.0. The number of fused-ring (bicyclic) bond motifs is 1. The molecule has 0 fully saturated rings. The van der Waals surface area contributed by atoms with Crippen molar-refractivity contribution >= 4 is 38.9 Å². The second-order valence-electron chi connectivity index (χ2n) is 4.61. The maximum Gasteiger partial charge on any atom is 0.435 e. The first-order valence-electron chi connectivity index (χ1n) is 7.11. The molecular formula is C15H17BrN2O4. The van der Waals surface area contributed by atoms with Crippen molar-refractivity contribution in [3.63, 3.8) is 0 Å². The van der Waals surface area contributed by atoms with Crippen LogP contribution in [0.1, 0.15) is 37.2 Å². The number of carbonyl (C=O) groups excluding carboxylic acids is 2. The Bertz CT molecular complexity index is 696. The van der Waals surface area contributed by atoms with Gasteiger partial charge in [-0.25, -0.2) is 9.59 Å². The molecule has 0 unspecified atom stereocenters. The molecule has 7 heteroatoms. The minimum Gasteiger partial charge on any atom is -0.461 e. The van der Waals surface area contributed by atoms with E-state index in [9.17, 15) is 9.59 Å². The highest BCUT2D eigenvalue weighted by Gasteiger charge is 2.22. The molecule has 0 amide bonds. The van der Waals surface area contributed by atoms with Gasteiger partial charge < -0.3 is 9.47 Å². The lowest BCUT2D eigenvalue weighted by molar-refractivity contribution is 0.0521. The van der Waals surface area contributed by atoms with Gasteiger partial charge in [-0.05, 0) is 31.5 Å². The van der Waals surface area contributed by atoms with Crippen LogP contribution in [0.5, 0.6) is 0 Å². The molecule has 2 rings (SSSR count). The maximum atomic E-state index is 12.1. The van der Waals surface area contributed by atoms with Crippen molar-refractivity contribution in [2.24, 2.45) is 0 Å². The SMILES string of the molecule is CCCCOC(=O)n1nc(C(=O)OCC)c2ccc(Br)cc21. The number of ether oxygens (including phenoxy) is 2. The third kappa shape index (κ3) is 3.47. The van der Waals surface area contributed by atoms with Gasteiger partial charge in [0.1, 0.15) is 0 Å². The van der Waals surface area contributed by atoms with E-state index in [4.69, 9.17) is 9.47 Å². The van der Waals surface area contributed by atoms with E-state index in [1.165, 1.54) is 0 Å². The summed E-state index contributed by atoms with van der Waals surface area (Å²) in [6.07, 6.45) is 1.10. The summed E-state index contributed by atoms with van der Waals surface area (Å²) in [6.45, 7) is 4.28. The number of hydrogen-bond acceptors (Lipinski definition) is 5. The van der Waals surface area contributed by atoms with Crippen molar-refractivity contribution in [2.45, 2.75) is 26.7 Å². The van der Waals surface area contributed by atoms with Crippen molar-refractivity contribution in [3.8, 4) is 0 Å². The quantitative estimate of drug-likeness (QED) is 0.593. The second-order valence-corrected chi connectivity index (χ2v) is 5.53. The molecule has 6 nitrogen and oxygen atoms in total. The van der Waals surface area contributed by atoms with Gasteiger partial charge in [0.05, 0.1) is 18.7 Å². The van der Waals surface area contributed by atoms with E-state index in [0.717, 1.165) is 22.0 Å². The monoisotopic (exact) mass is 368 g/mol. The molecule has 118 valence electrons. The number of nitrogens with zero attached hydrogens (tertiary/aromatic N) is 2. The van der Waals surface area contributed by atoms with Gasteiger partial charge in [0.15, 0.2) is 5.69 Å². The average molecular weight is 369 g/mol. The molecule has 0 aliphatic carbocycles. The van der Waals surface area contributed by atoms with Crippen LogP contribution in [0, 0.1) is 0 Å². The van der Waals surface area contributed by atoms with Gasteiger partial charge in [0.2, 0.25) is 0 Å². The molecule has 0 saturated heterocycles. The van der Waals surface area contributed by atoms with Gasteiger partial charge in [-0.15, -0.1) is 0 Å². The summed E-state index contributed by atoms with van der Waals surface area (Å²) >= 11 is 3.35. The van der Waals surface area contributed by atoms with Gasteiger partial charge in [-0.2, -0.15) is 9.78 Å². The zero-order valence-electron chi connectivity index (χ0n) is 12.5. The highest BCUT2D eigenvalue weighted by molar-refractivity contribution is 9.10. The lowest BCUT2D eigenvalue weighted by atomic mass is 10.2. The molecule has 1 heterocycles. The van der Waals surface area contributed by atoms with Crippen LogP contribution in [0.25, 0.3) is 10.9 Å². The maximum absolute atomic E-state index is 12.1. The van der Waals surface area contributed by atoms with Crippen LogP contribution in [-0.4, -0.2) is 35.1 Å². The molecule has 0 N–H and O–H groups in total. The molecule has 0 aliphatic heterocycles. The highest BCUT2D eigenvalue weighted by atomic mass is 79.9. The van der Waals surface area contributed by atoms with E-state index in [1.807, 2.05) is 6.92 Å². The van der Waals surface area contributed by atoms with E-state index >= 15 is 0 Å². The van der Waals surface area contributed by atoms with Crippen molar-refractivity contribution in [1.29, 1.82) is 0 Å². The van der Waals surface area contributed by atoms with Crippen LogP contribution in [0.4, 0.5) is 4.79 Å². The molecule has 0 atom stereocenters. The zero-order chi connectivity index (χ0) is 16.1. The molecule has 0 saturated carbocycles. The molecule has 0 aliphatic rings. The number of halogens is 1. The predicted octanol–water partition coefficient (Wildman–Crippen LogP) is 3.76. The van der Waals surface area contributed by atoms with E-state index in [-0.39, 0.29) is 12.3 Å². The highest BCUT2D eigenvalue weighted by Crippen LogP contribution is 2.24. The van der Waals surface area contributed by atoms with Crippen molar-refractivity contribution in [2.75, 3.05) is 13.2 Å². The molecule has 1 aromatic heterocycles. The van der Waals surface area contributed by atoms with E-state index in [1.54, 1.807) is 25.1 Å². The Labute approximate surface area is 136 Å². The number of esters is 1. The Balaban J connectivity index is 2.42. The molecule has 0 spiro atoms. The molecule has 22 heavy (non-hydrogen) atoms. The second kappa shape index (κ2) is 7.40. The Morgan fingerprint density at radius 1 is 1.27 bits per heavy atom. The van der Waals surface area contributed by atoms with Crippen LogP contribution in [-0.2, 0) is 9.47 Å². The van der Waals surface area contributed by atoms with Gasteiger partial charge in [-0.1, -0.05) is 29.3 Å². The van der Waals surface area contributed by atoms with Gasteiger partial charge in [-0.3, -0.25) is 0 Å². The normalized spacial score (nSPS) is 10.7. The minimum atomic E-state index is -0.605. The third-order valence-electron chi connectivity index (χ3n) is 3.01. The number of aromatic nitrogens is 2. The first-order valence-corrected chi connectivity index (χ1v) is 7.90. The van der Waals surface area contributed by atoms with Crippen LogP contribution < -0.4 is 0 Å². The van der Waals surface area contributed by atoms with Gasteiger partial charge in [0.25, 0.3) is 0 Å². The molecule has 2 aromatic rings. The number of carbonyl (C=O) groups is 2. The van der Waals surface area contributed by atoms with E-state index in [2.05, 4.69) is 21.0 Å². The largest absolute Gasteiger partial charge is 0.461 e. The van der Waals surface area contributed by atoms with E-state index in [0.29, 0.717) is 17.5 Å². The minimum absolute atomic E-state index is 0.108. The lowest BCUT2D eigenvalue weighted by Crippen LogP contribution is -2.17. The summed E-state index contributed by atoms with van der Waals surface area (Å²) in [4.78, 5) is 24.1. The summed E-state index contributed by atoms with van der Waals surface area (Å²) in [6, 6.07) is 5.21. The lowest BCUT2D eigenvalue weighted by Gasteiger charge is -2.04. The molecule has 0 radical (unpaired) electrons. The number of rotatable bonds is 5. The van der Waals surface area contributed by atoms with Crippen LogP contribution >= 0.6 is 15.9 Å². The van der Waals surface area contributed by atoms with Crippen LogP contribution in [0.15, 0.2) is 22.7 Å². The summed E-state index contributed by atoms with van der Waals surface area (Å²) in [7, 11) is 0. The van der Waals surface area contributed by atoms with Crippen molar-refractivity contribution in [3.05, 3.63) is 28.4 Å². The molecule has 0 bridgehead atoms. The Morgan fingerprint density at radius 3 is 2.73 bits per heavy atom. The molecule has 1 aromatic carbocycles. The Hall–Kier alpha value is -1.89. The number of benzene rings is 1. The zero-order valence-corrected chi connectivity index (χ0v) is 14.1. The fourth-order valence-electron chi connectivity index (χ4n) is 1.94. The van der Waals surface area contributed by atoms with Crippen molar-refractivity contribution < 1.29 is 19.1 Å². The first kappa shape index (κ1) is 16.5. The smallest absolute Gasteiger partial charge is 0.435 e. The van der Waals surface area contributed by atoms with Crippen molar-refractivity contribution in [1.82, 2.24) is 9.78 Å². The predicted molar refractivity (Wildman–Crippen MR) is 85.0 cm³/mol. The number of hydrogen-bond donors (Lipinski definition) is 0. The summed E-state index contributed by atoms with van der Waals surface area (Å²) in [5.41, 5.74) is 0.607. The summed E-state index contributed by atoms with van der Waals surface area (Å²) in [5.74, 6) is -0.560. The average Bonchev–Trinajstić information content (AvgIpc) is 2.86. The Kier molecular flexibility index (Phi) is 5.54. The fraction of sp³-hybridized carbons (Fsp3) is 0.400. The third-order valence-corrected chi connectivity index (χ3v) is 3.50.